The second-order valence-electron chi connectivity index (χ2n) is 4.25. The molecule has 106 valence electrons. The van der Waals surface area contributed by atoms with Crippen LogP contribution < -0.4 is 5.32 Å². The van der Waals surface area contributed by atoms with Crippen molar-refractivity contribution in [3.63, 3.8) is 0 Å². The zero-order chi connectivity index (χ0) is 14.4. The Morgan fingerprint density at radius 1 is 1.42 bits per heavy atom. The summed E-state index contributed by atoms with van der Waals surface area (Å²) in [5.41, 5.74) is 0. The van der Waals surface area contributed by atoms with Crippen LogP contribution >= 0.6 is 11.8 Å². The maximum atomic E-state index is 11.3. The maximum Gasteiger partial charge on any atom is 0.313 e. The van der Waals surface area contributed by atoms with Crippen molar-refractivity contribution in [3.8, 4) is 0 Å². The summed E-state index contributed by atoms with van der Waals surface area (Å²) in [5, 5.41) is 19.8. The van der Waals surface area contributed by atoms with E-state index in [9.17, 15) is 9.59 Å². The zero-order valence-corrected chi connectivity index (χ0v) is 12.0. The molecule has 0 aliphatic rings. The second kappa shape index (κ2) is 7.13. The van der Waals surface area contributed by atoms with Gasteiger partial charge in [0.2, 0.25) is 5.91 Å². The lowest BCUT2D eigenvalue weighted by atomic mass is 10.2. The molecule has 1 aromatic rings. The normalized spacial score (nSPS) is 10.7. The number of aliphatic carboxylic acids is 1. The van der Waals surface area contributed by atoms with E-state index in [-0.39, 0.29) is 17.6 Å². The standard InChI is InChI=1S/C11H18N4O3S/c1-7(2)10-13-14-11(19-6-9(17)18)15(10)5-4-8(16)12-3/h7H,4-6H2,1-3H3,(H,12,16)(H,17,18). The van der Waals surface area contributed by atoms with Crippen LogP contribution in [0.3, 0.4) is 0 Å². The van der Waals surface area contributed by atoms with E-state index in [4.69, 9.17) is 5.11 Å². The van der Waals surface area contributed by atoms with Gasteiger partial charge in [-0.3, -0.25) is 9.59 Å². The Morgan fingerprint density at radius 3 is 2.63 bits per heavy atom. The molecular formula is C11H18N4O3S. The molecule has 0 fully saturated rings. The molecule has 0 radical (unpaired) electrons. The smallest absolute Gasteiger partial charge is 0.313 e. The van der Waals surface area contributed by atoms with E-state index >= 15 is 0 Å². The highest BCUT2D eigenvalue weighted by Gasteiger charge is 2.16. The number of rotatable bonds is 7. The lowest BCUT2D eigenvalue weighted by Gasteiger charge is -2.11. The molecule has 0 unspecified atom stereocenters. The first-order valence-corrected chi connectivity index (χ1v) is 6.92. The fourth-order valence-corrected chi connectivity index (χ4v) is 2.20. The molecule has 0 bridgehead atoms. The van der Waals surface area contributed by atoms with Gasteiger partial charge in [0.15, 0.2) is 5.16 Å². The molecule has 0 aliphatic heterocycles. The largest absolute Gasteiger partial charge is 0.481 e. The third-order valence-electron chi connectivity index (χ3n) is 2.43. The summed E-state index contributed by atoms with van der Waals surface area (Å²) < 4.78 is 1.81. The monoisotopic (exact) mass is 286 g/mol. The van der Waals surface area contributed by atoms with Crippen molar-refractivity contribution in [2.24, 2.45) is 0 Å². The summed E-state index contributed by atoms with van der Waals surface area (Å²) in [4.78, 5) is 21.9. The number of carboxylic acid groups (broad SMARTS) is 1. The van der Waals surface area contributed by atoms with Crippen LogP contribution in [-0.4, -0.2) is 44.5 Å². The van der Waals surface area contributed by atoms with Crippen LogP contribution in [0.4, 0.5) is 0 Å². The number of carboxylic acids is 1. The molecule has 0 atom stereocenters. The van der Waals surface area contributed by atoms with Gasteiger partial charge in [-0.2, -0.15) is 0 Å². The van der Waals surface area contributed by atoms with Crippen LogP contribution in [0.15, 0.2) is 5.16 Å². The molecule has 0 saturated carbocycles. The van der Waals surface area contributed by atoms with E-state index in [0.29, 0.717) is 18.1 Å². The van der Waals surface area contributed by atoms with E-state index in [1.54, 1.807) is 7.05 Å². The molecule has 7 nitrogen and oxygen atoms in total. The van der Waals surface area contributed by atoms with E-state index < -0.39 is 5.97 Å². The average molecular weight is 286 g/mol. The van der Waals surface area contributed by atoms with Gasteiger partial charge in [0, 0.05) is 25.9 Å². The Morgan fingerprint density at radius 2 is 2.11 bits per heavy atom. The number of aromatic nitrogens is 3. The summed E-state index contributed by atoms with van der Waals surface area (Å²) in [6, 6.07) is 0. The molecule has 0 aliphatic carbocycles. The molecule has 2 N–H and O–H groups in total. The van der Waals surface area contributed by atoms with Crippen LogP contribution in [0.1, 0.15) is 32.0 Å². The van der Waals surface area contributed by atoms with Gasteiger partial charge in [0.25, 0.3) is 0 Å². The number of carbonyl (C=O) groups excluding carboxylic acids is 1. The lowest BCUT2D eigenvalue weighted by Crippen LogP contribution is -2.20. The van der Waals surface area contributed by atoms with Crippen molar-refractivity contribution in [1.82, 2.24) is 20.1 Å². The summed E-state index contributed by atoms with van der Waals surface area (Å²) in [6.07, 6.45) is 0.314. The van der Waals surface area contributed by atoms with Gasteiger partial charge in [-0.1, -0.05) is 25.6 Å². The second-order valence-corrected chi connectivity index (χ2v) is 5.20. The molecule has 1 rings (SSSR count). The van der Waals surface area contributed by atoms with Gasteiger partial charge in [-0.05, 0) is 0 Å². The molecule has 1 amide bonds. The van der Waals surface area contributed by atoms with Crippen molar-refractivity contribution in [3.05, 3.63) is 5.82 Å². The Bertz CT molecular complexity index is 459. The molecule has 19 heavy (non-hydrogen) atoms. The minimum absolute atomic E-state index is 0.0717. The first-order chi connectivity index (χ1) is 8.95. The van der Waals surface area contributed by atoms with Crippen LogP contribution in [0.5, 0.6) is 0 Å². The minimum atomic E-state index is -0.906. The third kappa shape index (κ3) is 4.55. The number of amides is 1. The van der Waals surface area contributed by atoms with Crippen molar-refractivity contribution < 1.29 is 14.7 Å². The van der Waals surface area contributed by atoms with Gasteiger partial charge in [0.1, 0.15) is 5.82 Å². The number of nitrogens with one attached hydrogen (secondary N) is 1. The quantitative estimate of drug-likeness (QED) is 0.717. The first-order valence-electron chi connectivity index (χ1n) is 5.94. The van der Waals surface area contributed by atoms with Gasteiger partial charge in [-0.15, -0.1) is 10.2 Å². The summed E-state index contributed by atoms with van der Waals surface area (Å²) in [5.74, 6) is -0.126. The average Bonchev–Trinajstić information content (AvgIpc) is 2.76. The van der Waals surface area contributed by atoms with Gasteiger partial charge < -0.3 is 15.0 Å². The van der Waals surface area contributed by atoms with Crippen molar-refractivity contribution in [1.29, 1.82) is 0 Å². The Labute approximate surface area is 115 Å². The first kappa shape index (κ1) is 15.5. The molecule has 1 aromatic heterocycles. The molecule has 0 saturated heterocycles. The molecule has 0 spiro atoms. The maximum absolute atomic E-state index is 11.3. The topological polar surface area (TPSA) is 97.1 Å². The van der Waals surface area contributed by atoms with Crippen molar-refractivity contribution in [2.75, 3.05) is 12.8 Å². The Hall–Kier alpha value is -1.57. The highest BCUT2D eigenvalue weighted by molar-refractivity contribution is 7.99. The number of nitrogens with zero attached hydrogens (tertiary/aromatic N) is 3. The van der Waals surface area contributed by atoms with Crippen LogP contribution in [0.2, 0.25) is 0 Å². The number of carbonyl (C=O) groups is 2. The lowest BCUT2D eigenvalue weighted by molar-refractivity contribution is -0.134. The molecule has 1 heterocycles. The predicted octanol–water partition coefficient (Wildman–Crippen LogP) is 0.714. The van der Waals surface area contributed by atoms with Crippen molar-refractivity contribution in [2.45, 2.75) is 37.9 Å². The summed E-state index contributed by atoms with van der Waals surface area (Å²) >= 11 is 1.11. The van der Waals surface area contributed by atoms with Gasteiger partial charge >= 0.3 is 5.97 Å². The highest BCUT2D eigenvalue weighted by atomic mass is 32.2. The van der Waals surface area contributed by atoms with Crippen LogP contribution in [-0.2, 0) is 16.1 Å². The Kier molecular flexibility index (Phi) is 5.81. The van der Waals surface area contributed by atoms with Gasteiger partial charge in [-0.25, -0.2) is 0 Å². The molecule has 0 aromatic carbocycles. The third-order valence-corrected chi connectivity index (χ3v) is 3.38. The fourth-order valence-electron chi connectivity index (χ4n) is 1.51. The van der Waals surface area contributed by atoms with Crippen LogP contribution in [0.25, 0.3) is 0 Å². The number of thioether (sulfide) groups is 1. The zero-order valence-electron chi connectivity index (χ0n) is 11.2. The molecule has 8 heteroatoms. The van der Waals surface area contributed by atoms with E-state index in [0.717, 1.165) is 17.6 Å². The fraction of sp³-hybridized carbons (Fsp3) is 0.636. The van der Waals surface area contributed by atoms with Gasteiger partial charge in [0.05, 0.1) is 5.75 Å². The SMILES string of the molecule is CNC(=O)CCn1c(SCC(=O)O)nnc1C(C)C. The highest BCUT2D eigenvalue weighted by Crippen LogP contribution is 2.21. The van der Waals surface area contributed by atoms with Crippen molar-refractivity contribution >= 4 is 23.6 Å². The Balaban J connectivity index is 2.85. The number of hydrogen-bond donors (Lipinski definition) is 2. The van der Waals surface area contributed by atoms with E-state index in [1.807, 2.05) is 18.4 Å². The summed E-state index contributed by atoms with van der Waals surface area (Å²) in [6.45, 7) is 4.40. The minimum Gasteiger partial charge on any atom is -0.481 e. The van der Waals surface area contributed by atoms with E-state index in [2.05, 4.69) is 15.5 Å². The number of hydrogen-bond acceptors (Lipinski definition) is 5. The van der Waals surface area contributed by atoms with E-state index in [1.165, 1.54) is 0 Å². The summed E-state index contributed by atoms with van der Waals surface area (Å²) in [7, 11) is 1.58. The van der Waals surface area contributed by atoms with Crippen LogP contribution in [0, 0.1) is 0 Å². The molecular weight excluding hydrogens is 268 g/mol. The predicted molar refractivity (Wildman–Crippen MR) is 71.2 cm³/mol.